The average Bonchev–Trinajstić information content (AvgIpc) is 2.91. The molecule has 0 saturated heterocycles. The second-order valence-corrected chi connectivity index (χ2v) is 5.36. The van der Waals surface area contributed by atoms with Crippen LogP contribution in [-0.4, -0.2) is 15.9 Å². The zero-order valence-electron chi connectivity index (χ0n) is 12.2. The number of rotatable bonds is 3. The van der Waals surface area contributed by atoms with Crippen molar-refractivity contribution in [2.45, 2.75) is 20.4 Å². The van der Waals surface area contributed by atoms with Crippen LogP contribution >= 0.6 is 11.6 Å². The predicted octanol–water partition coefficient (Wildman–Crippen LogP) is 3.42. The third-order valence-electron chi connectivity index (χ3n) is 3.39. The number of halogens is 1. The van der Waals surface area contributed by atoms with E-state index in [0.717, 1.165) is 16.9 Å². The number of carbonyl (C=O) groups is 1. The smallest absolute Gasteiger partial charge is 0.251 e. The minimum absolute atomic E-state index is 0.200. The molecule has 0 unspecified atom stereocenters. The Balaban J connectivity index is 1.80. The summed E-state index contributed by atoms with van der Waals surface area (Å²) in [6.07, 6.45) is 0. The molecule has 0 atom stereocenters. The van der Waals surface area contributed by atoms with Gasteiger partial charge in [0.25, 0.3) is 5.91 Å². The summed E-state index contributed by atoms with van der Waals surface area (Å²) in [5.41, 5.74) is 3.76. The van der Waals surface area contributed by atoms with Crippen molar-refractivity contribution in [3.8, 4) is 0 Å². The van der Waals surface area contributed by atoms with E-state index < -0.39 is 0 Å². The van der Waals surface area contributed by atoms with Crippen molar-refractivity contribution < 1.29 is 9.21 Å². The van der Waals surface area contributed by atoms with E-state index in [4.69, 9.17) is 16.0 Å². The van der Waals surface area contributed by atoms with Crippen LogP contribution in [0.1, 0.15) is 27.5 Å². The van der Waals surface area contributed by atoms with Gasteiger partial charge in [0.05, 0.1) is 29.0 Å². The Kier molecular flexibility index (Phi) is 3.81. The van der Waals surface area contributed by atoms with E-state index in [1.807, 2.05) is 13.8 Å². The van der Waals surface area contributed by atoms with E-state index in [2.05, 4.69) is 15.3 Å². The predicted molar refractivity (Wildman–Crippen MR) is 83.9 cm³/mol. The van der Waals surface area contributed by atoms with Crippen LogP contribution in [0.15, 0.2) is 34.7 Å². The first-order chi connectivity index (χ1) is 10.5. The first-order valence-corrected chi connectivity index (χ1v) is 7.18. The molecule has 3 rings (SSSR count). The van der Waals surface area contributed by atoms with Crippen molar-refractivity contribution in [2.24, 2.45) is 0 Å². The molecule has 0 aliphatic heterocycles. The maximum absolute atomic E-state index is 12.2. The van der Waals surface area contributed by atoms with Gasteiger partial charge in [-0.3, -0.25) is 4.79 Å². The van der Waals surface area contributed by atoms with Crippen molar-refractivity contribution in [3.05, 3.63) is 58.3 Å². The first kappa shape index (κ1) is 14.5. The number of nitrogens with zero attached hydrogens (tertiary/aromatic N) is 2. The van der Waals surface area contributed by atoms with Gasteiger partial charge in [0.2, 0.25) is 0 Å². The Morgan fingerprint density at radius 1 is 1.14 bits per heavy atom. The maximum atomic E-state index is 12.2. The lowest BCUT2D eigenvalue weighted by atomic mass is 10.1. The lowest BCUT2D eigenvalue weighted by Gasteiger charge is -2.06. The highest BCUT2D eigenvalue weighted by atomic mass is 35.5. The van der Waals surface area contributed by atoms with Gasteiger partial charge in [0, 0.05) is 5.56 Å². The number of benzene rings is 1. The Morgan fingerprint density at radius 2 is 1.86 bits per heavy atom. The van der Waals surface area contributed by atoms with Crippen molar-refractivity contribution >= 4 is 28.5 Å². The lowest BCUT2D eigenvalue weighted by Crippen LogP contribution is -2.22. The molecule has 1 aromatic carbocycles. The van der Waals surface area contributed by atoms with Gasteiger partial charge >= 0.3 is 0 Å². The summed E-state index contributed by atoms with van der Waals surface area (Å²) >= 11 is 5.69. The van der Waals surface area contributed by atoms with Crippen LogP contribution in [0.4, 0.5) is 0 Å². The molecule has 112 valence electrons. The van der Waals surface area contributed by atoms with Gasteiger partial charge in [-0.15, -0.1) is 0 Å². The SMILES string of the molecule is Cc1nc2ccc(C(=O)NCc3ccc(Cl)o3)cc2nc1C. The second kappa shape index (κ2) is 5.77. The van der Waals surface area contributed by atoms with E-state index in [9.17, 15) is 4.79 Å². The van der Waals surface area contributed by atoms with Gasteiger partial charge in [0.15, 0.2) is 5.22 Å². The highest BCUT2D eigenvalue weighted by molar-refractivity contribution is 6.28. The van der Waals surface area contributed by atoms with Gasteiger partial charge in [-0.2, -0.15) is 0 Å². The van der Waals surface area contributed by atoms with Crippen LogP contribution < -0.4 is 5.32 Å². The monoisotopic (exact) mass is 315 g/mol. The molecule has 0 bridgehead atoms. The van der Waals surface area contributed by atoms with Crippen LogP contribution in [0.25, 0.3) is 11.0 Å². The Morgan fingerprint density at radius 3 is 2.55 bits per heavy atom. The fourth-order valence-electron chi connectivity index (χ4n) is 2.09. The third kappa shape index (κ3) is 2.94. The van der Waals surface area contributed by atoms with Crippen molar-refractivity contribution in [3.63, 3.8) is 0 Å². The Hall–Kier alpha value is -2.40. The standard InChI is InChI=1S/C16H14ClN3O2/c1-9-10(2)20-14-7-11(3-5-13(14)19-9)16(21)18-8-12-4-6-15(17)22-12/h3-7H,8H2,1-2H3,(H,18,21). The zero-order valence-corrected chi connectivity index (χ0v) is 12.9. The topological polar surface area (TPSA) is 68.0 Å². The normalized spacial score (nSPS) is 10.9. The molecule has 1 amide bonds. The van der Waals surface area contributed by atoms with Gasteiger partial charge < -0.3 is 9.73 Å². The molecule has 2 aromatic heterocycles. The third-order valence-corrected chi connectivity index (χ3v) is 3.59. The molecule has 0 saturated carbocycles. The molecule has 6 heteroatoms. The number of furan rings is 1. The Bertz CT molecular complexity index is 858. The maximum Gasteiger partial charge on any atom is 0.251 e. The summed E-state index contributed by atoms with van der Waals surface area (Å²) in [6.45, 7) is 4.09. The Labute approximate surface area is 132 Å². The molecule has 2 heterocycles. The molecular weight excluding hydrogens is 302 g/mol. The molecule has 5 nitrogen and oxygen atoms in total. The van der Waals surface area contributed by atoms with Crippen LogP contribution in [0.2, 0.25) is 5.22 Å². The molecule has 0 radical (unpaired) electrons. The number of carbonyl (C=O) groups excluding carboxylic acids is 1. The number of nitrogens with one attached hydrogen (secondary N) is 1. The van der Waals surface area contributed by atoms with Crippen LogP contribution in [0, 0.1) is 13.8 Å². The molecule has 22 heavy (non-hydrogen) atoms. The zero-order chi connectivity index (χ0) is 15.7. The van der Waals surface area contributed by atoms with E-state index in [-0.39, 0.29) is 12.5 Å². The number of hydrogen-bond acceptors (Lipinski definition) is 4. The van der Waals surface area contributed by atoms with Gasteiger partial charge in [0.1, 0.15) is 5.76 Å². The average molecular weight is 316 g/mol. The summed E-state index contributed by atoms with van der Waals surface area (Å²) < 4.78 is 5.20. The second-order valence-electron chi connectivity index (χ2n) is 4.99. The molecular formula is C16H14ClN3O2. The molecule has 1 N–H and O–H groups in total. The van der Waals surface area contributed by atoms with Gasteiger partial charge in [-0.25, -0.2) is 9.97 Å². The van der Waals surface area contributed by atoms with Crippen molar-refractivity contribution in [1.82, 2.24) is 15.3 Å². The van der Waals surface area contributed by atoms with Gasteiger partial charge in [-0.1, -0.05) is 0 Å². The number of amides is 1. The first-order valence-electron chi connectivity index (χ1n) is 6.80. The molecule has 0 spiro atoms. The quantitative estimate of drug-likeness (QED) is 0.804. The highest BCUT2D eigenvalue weighted by Gasteiger charge is 2.09. The number of hydrogen-bond donors (Lipinski definition) is 1. The van der Waals surface area contributed by atoms with Crippen LogP contribution in [0.3, 0.4) is 0 Å². The highest BCUT2D eigenvalue weighted by Crippen LogP contribution is 2.15. The fraction of sp³-hybridized carbons (Fsp3) is 0.188. The lowest BCUT2D eigenvalue weighted by molar-refractivity contribution is 0.0948. The number of fused-ring (bicyclic) bond motifs is 1. The summed E-state index contributed by atoms with van der Waals surface area (Å²) in [5, 5.41) is 3.08. The van der Waals surface area contributed by atoms with Gasteiger partial charge in [-0.05, 0) is 55.8 Å². The molecule has 3 aromatic rings. The van der Waals surface area contributed by atoms with E-state index in [1.54, 1.807) is 30.3 Å². The minimum atomic E-state index is -0.200. The van der Waals surface area contributed by atoms with E-state index in [1.165, 1.54) is 0 Å². The number of aryl methyl sites for hydroxylation is 2. The van der Waals surface area contributed by atoms with E-state index >= 15 is 0 Å². The van der Waals surface area contributed by atoms with Crippen molar-refractivity contribution in [1.29, 1.82) is 0 Å². The number of aromatic nitrogens is 2. The minimum Gasteiger partial charge on any atom is -0.448 e. The fourth-order valence-corrected chi connectivity index (χ4v) is 2.25. The summed E-state index contributed by atoms with van der Waals surface area (Å²) in [7, 11) is 0. The molecule has 0 fully saturated rings. The summed E-state index contributed by atoms with van der Waals surface area (Å²) in [5.74, 6) is 0.403. The largest absolute Gasteiger partial charge is 0.448 e. The van der Waals surface area contributed by atoms with Crippen LogP contribution in [-0.2, 0) is 6.54 Å². The summed E-state index contributed by atoms with van der Waals surface area (Å²) in [4.78, 5) is 21.1. The van der Waals surface area contributed by atoms with Crippen molar-refractivity contribution in [2.75, 3.05) is 0 Å². The summed E-state index contributed by atoms with van der Waals surface area (Å²) in [6, 6.07) is 8.63. The van der Waals surface area contributed by atoms with Crippen LogP contribution in [0.5, 0.6) is 0 Å². The van der Waals surface area contributed by atoms with E-state index in [0.29, 0.717) is 22.1 Å². The molecule has 0 aliphatic carbocycles. The molecule has 0 aliphatic rings.